The lowest BCUT2D eigenvalue weighted by Gasteiger charge is -2.28. The van der Waals surface area contributed by atoms with Crippen molar-refractivity contribution >= 4 is 5.91 Å². The van der Waals surface area contributed by atoms with Gasteiger partial charge in [-0.15, -0.1) is 0 Å². The van der Waals surface area contributed by atoms with Crippen LogP contribution in [0.1, 0.15) is 53.0 Å². The SMILES string of the molecule is COCc1c(C(=O)N2CC3CCC2C3)c(=O)cc(C)n1CCCc1ccccc1. The molecule has 1 saturated heterocycles. The number of aromatic nitrogens is 1. The molecule has 1 saturated carbocycles. The number of benzene rings is 1. The fourth-order valence-corrected chi connectivity index (χ4v) is 5.06. The van der Waals surface area contributed by atoms with Gasteiger partial charge >= 0.3 is 0 Å². The first-order valence-electron chi connectivity index (χ1n) is 10.7. The Balaban J connectivity index is 1.61. The van der Waals surface area contributed by atoms with E-state index < -0.39 is 0 Å². The number of amides is 1. The molecule has 1 aromatic heterocycles. The zero-order valence-corrected chi connectivity index (χ0v) is 17.4. The molecule has 2 heterocycles. The first-order valence-corrected chi connectivity index (χ1v) is 10.7. The zero-order valence-electron chi connectivity index (χ0n) is 17.4. The molecule has 2 aromatic rings. The van der Waals surface area contributed by atoms with Crippen molar-refractivity contribution in [1.29, 1.82) is 0 Å². The Labute approximate surface area is 172 Å². The van der Waals surface area contributed by atoms with Gasteiger partial charge in [0.15, 0.2) is 5.43 Å². The van der Waals surface area contributed by atoms with Crippen molar-refractivity contribution in [3.8, 4) is 0 Å². The van der Waals surface area contributed by atoms with Gasteiger partial charge in [0.25, 0.3) is 5.91 Å². The number of pyridine rings is 1. The van der Waals surface area contributed by atoms with Gasteiger partial charge in [0.05, 0.1) is 12.3 Å². The van der Waals surface area contributed by atoms with Crippen LogP contribution >= 0.6 is 0 Å². The second-order valence-electron chi connectivity index (χ2n) is 8.44. The second-order valence-corrected chi connectivity index (χ2v) is 8.44. The van der Waals surface area contributed by atoms with Crippen molar-refractivity contribution in [2.75, 3.05) is 13.7 Å². The van der Waals surface area contributed by atoms with Crippen molar-refractivity contribution in [2.45, 2.75) is 58.2 Å². The van der Waals surface area contributed by atoms with Gasteiger partial charge in [0.2, 0.25) is 0 Å². The van der Waals surface area contributed by atoms with E-state index in [4.69, 9.17) is 4.74 Å². The average Bonchev–Trinajstić information content (AvgIpc) is 3.34. The molecule has 4 rings (SSSR count). The Bertz CT molecular complexity index is 935. The summed E-state index contributed by atoms with van der Waals surface area (Å²) in [6.45, 7) is 3.75. The third kappa shape index (κ3) is 4.01. The van der Waals surface area contributed by atoms with E-state index >= 15 is 0 Å². The van der Waals surface area contributed by atoms with Crippen molar-refractivity contribution in [2.24, 2.45) is 5.92 Å². The Kier molecular flexibility index (Phi) is 5.86. The molecule has 154 valence electrons. The van der Waals surface area contributed by atoms with Gasteiger partial charge in [0.1, 0.15) is 5.56 Å². The molecular weight excluding hydrogens is 364 g/mol. The summed E-state index contributed by atoms with van der Waals surface area (Å²) in [5.74, 6) is 0.499. The van der Waals surface area contributed by atoms with Crippen LogP contribution in [-0.2, 0) is 24.3 Å². The minimum atomic E-state index is -0.179. The largest absolute Gasteiger partial charge is 0.378 e. The third-order valence-electron chi connectivity index (χ3n) is 6.48. The summed E-state index contributed by atoms with van der Waals surface area (Å²) in [6.07, 6.45) is 5.25. The van der Waals surface area contributed by atoms with Gasteiger partial charge in [-0.05, 0) is 50.5 Å². The first kappa shape index (κ1) is 19.9. The number of ether oxygens (including phenoxy) is 1. The maximum atomic E-state index is 13.4. The molecule has 0 radical (unpaired) electrons. The van der Waals surface area contributed by atoms with Crippen molar-refractivity contribution in [1.82, 2.24) is 9.47 Å². The van der Waals surface area contributed by atoms with E-state index in [1.54, 1.807) is 13.2 Å². The topological polar surface area (TPSA) is 51.5 Å². The standard InChI is InChI=1S/C24H30N2O3/c1-17-13-22(27)23(24(28)26-15-19-10-11-20(26)14-19)21(16-29-2)25(17)12-6-9-18-7-4-3-5-8-18/h3-5,7-8,13,19-20H,6,9-12,14-16H2,1-2H3. The molecule has 2 atom stereocenters. The van der Waals surface area contributed by atoms with E-state index in [9.17, 15) is 9.59 Å². The lowest BCUT2D eigenvalue weighted by atomic mass is 10.1. The number of carbonyl (C=O) groups is 1. The Morgan fingerprint density at radius 3 is 2.66 bits per heavy atom. The first-order chi connectivity index (χ1) is 14.1. The normalized spacial score (nSPS) is 20.4. The number of aryl methyl sites for hydroxylation is 2. The molecule has 29 heavy (non-hydrogen) atoms. The monoisotopic (exact) mass is 394 g/mol. The number of hydrogen-bond donors (Lipinski definition) is 0. The molecule has 5 heteroatoms. The van der Waals surface area contributed by atoms with Crippen LogP contribution in [0, 0.1) is 12.8 Å². The number of likely N-dealkylation sites (tertiary alicyclic amines) is 1. The molecule has 2 fully saturated rings. The van der Waals surface area contributed by atoms with E-state index in [-0.39, 0.29) is 17.9 Å². The molecule has 1 aliphatic heterocycles. The van der Waals surface area contributed by atoms with Crippen LogP contribution in [-0.4, -0.2) is 35.1 Å². The van der Waals surface area contributed by atoms with Crippen LogP contribution in [0.15, 0.2) is 41.2 Å². The summed E-state index contributed by atoms with van der Waals surface area (Å²) < 4.78 is 7.53. The number of piperidine rings is 1. The van der Waals surface area contributed by atoms with Crippen molar-refractivity contribution < 1.29 is 9.53 Å². The molecular formula is C24H30N2O3. The van der Waals surface area contributed by atoms with Crippen LogP contribution < -0.4 is 5.43 Å². The Morgan fingerprint density at radius 1 is 1.21 bits per heavy atom. The van der Waals surface area contributed by atoms with E-state index in [1.165, 1.54) is 12.0 Å². The highest BCUT2D eigenvalue weighted by Crippen LogP contribution is 2.38. The number of carbonyl (C=O) groups excluding carboxylic acids is 1. The zero-order chi connectivity index (χ0) is 20.4. The predicted molar refractivity (Wildman–Crippen MR) is 113 cm³/mol. The second kappa shape index (κ2) is 8.54. The van der Waals surface area contributed by atoms with Crippen LogP contribution in [0.25, 0.3) is 0 Å². The third-order valence-corrected chi connectivity index (χ3v) is 6.48. The van der Waals surface area contributed by atoms with E-state index in [1.807, 2.05) is 17.9 Å². The van der Waals surface area contributed by atoms with Crippen LogP contribution in [0.3, 0.4) is 0 Å². The van der Waals surface area contributed by atoms with Gasteiger partial charge in [-0.25, -0.2) is 0 Å². The van der Waals surface area contributed by atoms with Gasteiger partial charge < -0.3 is 14.2 Å². The molecule has 0 spiro atoms. The number of rotatable bonds is 7. The average molecular weight is 395 g/mol. The van der Waals surface area contributed by atoms with Crippen LogP contribution in [0.4, 0.5) is 0 Å². The highest BCUT2D eigenvalue weighted by atomic mass is 16.5. The lowest BCUT2D eigenvalue weighted by Crippen LogP contribution is -2.41. The summed E-state index contributed by atoms with van der Waals surface area (Å²) in [4.78, 5) is 28.2. The fraction of sp³-hybridized carbons (Fsp3) is 0.500. The van der Waals surface area contributed by atoms with Crippen LogP contribution in [0.2, 0.25) is 0 Å². The molecule has 2 bridgehead atoms. The minimum Gasteiger partial charge on any atom is -0.378 e. The van der Waals surface area contributed by atoms with Crippen molar-refractivity contribution in [3.63, 3.8) is 0 Å². The van der Waals surface area contributed by atoms with Gasteiger partial charge in [-0.2, -0.15) is 0 Å². The number of fused-ring (bicyclic) bond motifs is 2. The highest BCUT2D eigenvalue weighted by molar-refractivity contribution is 5.95. The molecule has 1 aliphatic carbocycles. The van der Waals surface area contributed by atoms with E-state index in [0.717, 1.165) is 50.2 Å². The lowest BCUT2D eigenvalue weighted by molar-refractivity contribution is 0.0695. The maximum absolute atomic E-state index is 13.4. The highest BCUT2D eigenvalue weighted by Gasteiger charge is 2.41. The molecule has 1 amide bonds. The molecule has 2 unspecified atom stereocenters. The van der Waals surface area contributed by atoms with Gasteiger partial charge in [0, 0.05) is 38.0 Å². The molecule has 5 nitrogen and oxygen atoms in total. The Morgan fingerprint density at radius 2 is 2.00 bits per heavy atom. The Hall–Kier alpha value is -2.40. The maximum Gasteiger partial charge on any atom is 0.259 e. The smallest absolute Gasteiger partial charge is 0.259 e. The fourth-order valence-electron chi connectivity index (χ4n) is 5.06. The van der Waals surface area contributed by atoms with Crippen LogP contribution in [0.5, 0.6) is 0 Å². The summed E-state index contributed by atoms with van der Waals surface area (Å²) in [5, 5.41) is 0. The van der Waals surface area contributed by atoms with Crippen molar-refractivity contribution in [3.05, 3.63) is 69.1 Å². The molecule has 2 aliphatic rings. The summed E-state index contributed by atoms with van der Waals surface area (Å²) >= 11 is 0. The number of nitrogens with zero attached hydrogens (tertiary/aromatic N) is 2. The predicted octanol–water partition coefficient (Wildman–Crippen LogP) is 3.56. The number of methoxy groups -OCH3 is 1. The van der Waals surface area contributed by atoms with E-state index in [0.29, 0.717) is 17.5 Å². The van der Waals surface area contributed by atoms with E-state index in [2.05, 4.69) is 28.8 Å². The molecule has 0 N–H and O–H groups in total. The van der Waals surface area contributed by atoms with Gasteiger partial charge in [-0.1, -0.05) is 30.3 Å². The molecule has 1 aromatic carbocycles. The summed E-state index contributed by atoms with van der Waals surface area (Å²) in [6, 6.07) is 12.3. The van der Waals surface area contributed by atoms with Gasteiger partial charge in [-0.3, -0.25) is 9.59 Å². The number of hydrogen-bond acceptors (Lipinski definition) is 3. The quantitative estimate of drug-likeness (QED) is 0.722. The summed E-state index contributed by atoms with van der Waals surface area (Å²) in [5.41, 5.74) is 3.03. The summed E-state index contributed by atoms with van der Waals surface area (Å²) in [7, 11) is 1.62. The minimum absolute atomic E-state index is 0.106.